The molecule has 0 saturated carbocycles. The lowest BCUT2D eigenvalue weighted by Crippen LogP contribution is -2.34. The number of hydrogen-bond acceptors (Lipinski definition) is 5. The maximum absolute atomic E-state index is 12.7. The highest BCUT2D eigenvalue weighted by Crippen LogP contribution is 2.44. The Morgan fingerprint density at radius 3 is 2.65 bits per heavy atom. The third-order valence-corrected chi connectivity index (χ3v) is 7.46. The fraction of sp³-hybridized carbons (Fsp3) is 0.409. The van der Waals surface area contributed by atoms with E-state index in [2.05, 4.69) is 47.3 Å². The molecule has 9 heteroatoms. The van der Waals surface area contributed by atoms with E-state index in [1.165, 1.54) is 18.4 Å². The number of carbonyl (C=O) groups is 2. The molecule has 1 aromatic carbocycles. The first-order valence-electron chi connectivity index (χ1n) is 9.91. The highest BCUT2D eigenvalue weighted by molar-refractivity contribution is 9.10. The van der Waals surface area contributed by atoms with E-state index >= 15 is 0 Å². The number of primary amides is 1. The highest BCUT2D eigenvalue weighted by atomic mass is 79.9. The van der Waals surface area contributed by atoms with Crippen molar-refractivity contribution in [2.75, 3.05) is 12.4 Å². The summed E-state index contributed by atoms with van der Waals surface area (Å²) in [5, 5.41) is 6.36. The van der Waals surface area contributed by atoms with E-state index < -0.39 is 11.8 Å². The van der Waals surface area contributed by atoms with E-state index in [-0.39, 0.29) is 10.5 Å². The van der Waals surface area contributed by atoms with Crippen molar-refractivity contribution in [3.8, 4) is 5.75 Å². The molecule has 2 amide bonds. The second-order valence-electron chi connectivity index (χ2n) is 8.63. The van der Waals surface area contributed by atoms with Crippen molar-refractivity contribution in [1.82, 2.24) is 5.32 Å². The summed E-state index contributed by atoms with van der Waals surface area (Å²) in [6, 6.07) is 5.13. The molecule has 0 fully saturated rings. The van der Waals surface area contributed by atoms with Crippen LogP contribution in [0.2, 0.25) is 0 Å². The number of nitrogens with one attached hydrogen (secondary N) is 2. The SMILES string of the molecule is COc1ccc(Br)cc1C(=O)NC(=S)Nc1sc2c(c1C(N)=O)CC[C@H](C(C)(C)C)C2. The number of thiophene rings is 1. The summed E-state index contributed by atoms with van der Waals surface area (Å²) in [4.78, 5) is 26.1. The summed E-state index contributed by atoms with van der Waals surface area (Å²) in [6.45, 7) is 6.72. The first-order valence-corrected chi connectivity index (χ1v) is 11.9. The Balaban J connectivity index is 1.81. The summed E-state index contributed by atoms with van der Waals surface area (Å²) in [6.07, 6.45) is 2.72. The maximum atomic E-state index is 12.7. The molecule has 1 aromatic heterocycles. The van der Waals surface area contributed by atoms with Crippen molar-refractivity contribution in [2.45, 2.75) is 40.0 Å². The lowest BCUT2D eigenvalue weighted by Gasteiger charge is -2.33. The molecule has 0 radical (unpaired) electrons. The number of ether oxygens (including phenoxy) is 1. The van der Waals surface area contributed by atoms with Crippen LogP contribution in [-0.2, 0) is 12.8 Å². The van der Waals surface area contributed by atoms with Crippen LogP contribution in [0.1, 0.15) is 58.3 Å². The topological polar surface area (TPSA) is 93.4 Å². The maximum Gasteiger partial charge on any atom is 0.261 e. The molecule has 0 saturated heterocycles. The minimum atomic E-state index is -0.489. The molecule has 4 N–H and O–H groups in total. The molecule has 1 aliphatic rings. The molecular weight excluding hydrogens is 498 g/mol. The number of fused-ring (bicyclic) bond motifs is 1. The van der Waals surface area contributed by atoms with Gasteiger partial charge in [-0.05, 0) is 66.6 Å². The van der Waals surface area contributed by atoms with E-state index in [1.807, 2.05) is 0 Å². The van der Waals surface area contributed by atoms with Crippen LogP contribution in [0.5, 0.6) is 5.75 Å². The first-order chi connectivity index (χ1) is 14.5. The molecule has 0 spiro atoms. The average molecular weight is 525 g/mol. The normalized spacial score (nSPS) is 15.7. The van der Waals surface area contributed by atoms with Crippen LogP contribution in [0, 0.1) is 11.3 Å². The summed E-state index contributed by atoms with van der Waals surface area (Å²) in [5.41, 5.74) is 7.71. The van der Waals surface area contributed by atoms with Crippen LogP contribution < -0.4 is 21.1 Å². The van der Waals surface area contributed by atoms with E-state index in [1.54, 1.807) is 18.2 Å². The lowest BCUT2D eigenvalue weighted by atomic mass is 9.72. The standard InChI is InChI=1S/C22H26BrN3O3S2/c1-22(2,3)11-5-7-13-16(9-11)31-20(17(13)18(24)27)26-21(30)25-19(28)14-10-12(23)6-8-15(14)29-4/h6,8,10-11H,5,7,9H2,1-4H3,(H2,24,27)(H2,25,26,28,30)/t11-/m0/s1. The molecule has 0 aliphatic heterocycles. The van der Waals surface area contributed by atoms with Gasteiger partial charge in [0.2, 0.25) is 0 Å². The number of carbonyl (C=O) groups excluding carboxylic acids is 2. The molecule has 0 unspecified atom stereocenters. The fourth-order valence-corrected chi connectivity index (χ4v) is 5.79. The fourth-order valence-electron chi connectivity index (χ4n) is 3.84. The number of amides is 2. The van der Waals surface area contributed by atoms with Gasteiger partial charge in [0, 0.05) is 9.35 Å². The van der Waals surface area contributed by atoms with Crippen LogP contribution in [-0.4, -0.2) is 24.0 Å². The molecule has 6 nitrogen and oxygen atoms in total. The van der Waals surface area contributed by atoms with E-state index in [4.69, 9.17) is 22.7 Å². The zero-order valence-electron chi connectivity index (χ0n) is 17.9. The molecule has 2 aromatic rings. The zero-order valence-corrected chi connectivity index (χ0v) is 21.1. The van der Waals surface area contributed by atoms with Gasteiger partial charge in [0.25, 0.3) is 11.8 Å². The number of nitrogens with two attached hydrogens (primary N) is 1. The Hall–Kier alpha value is -1.97. The van der Waals surface area contributed by atoms with Crippen LogP contribution in [0.15, 0.2) is 22.7 Å². The van der Waals surface area contributed by atoms with Gasteiger partial charge in [-0.2, -0.15) is 0 Å². The Bertz CT molecular complexity index is 1040. The second kappa shape index (κ2) is 9.26. The van der Waals surface area contributed by atoms with Gasteiger partial charge in [-0.25, -0.2) is 0 Å². The number of halogens is 1. The van der Waals surface area contributed by atoms with Crippen molar-refractivity contribution < 1.29 is 14.3 Å². The average Bonchev–Trinajstić information content (AvgIpc) is 3.04. The third kappa shape index (κ3) is 5.27. The van der Waals surface area contributed by atoms with Gasteiger partial charge in [-0.1, -0.05) is 36.7 Å². The smallest absolute Gasteiger partial charge is 0.261 e. The van der Waals surface area contributed by atoms with Crippen molar-refractivity contribution in [3.05, 3.63) is 44.2 Å². The van der Waals surface area contributed by atoms with Crippen molar-refractivity contribution in [3.63, 3.8) is 0 Å². The summed E-state index contributed by atoms with van der Waals surface area (Å²) in [7, 11) is 1.50. The Kier molecular flexibility index (Phi) is 7.08. The number of rotatable bonds is 4. The monoisotopic (exact) mass is 523 g/mol. The molecule has 166 valence electrons. The van der Waals surface area contributed by atoms with Gasteiger partial charge in [0.15, 0.2) is 5.11 Å². The number of hydrogen-bond donors (Lipinski definition) is 3. The van der Waals surface area contributed by atoms with Crippen molar-refractivity contribution in [2.24, 2.45) is 17.1 Å². The number of benzene rings is 1. The van der Waals surface area contributed by atoms with Gasteiger partial charge in [-0.3, -0.25) is 14.9 Å². The van der Waals surface area contributed by atoms with Crippen LogP contribution >= 0.6 is 39.5 Å². The Labute approximate surface area is 200 Å². The van der Waals surface area contributed by atoms with Gasteiger partial charge in [0.05, 0.1) is 18.2 Å². The number of thiocarbonyl (C=S) groups is 1. The number of anilines is 1. The van der Waals surface area contributed by atoms with E-state index in [0.29, 0.717) is 27.8 Å². The molecule has 0 bridgehead atoms. The second-order valence-corrected chi connectivity index (χ2v) is 11.1. The minimum absolute atomic E-state index is 0.0977. The van der Waals surface area contributed by atoms with E-state index in [0.717, 1.165) is 34.2 Å². The lowest BCUT2D eigenvalue weighted by molar-refractivity contribution is 0.0972. The predicted molar refractivity (Wildman–Crippen MR) is 132 cm³/mol. The largest absolute Gasteiger partial charge is 0.496 e. The van der Waals surface area contributed by atoms with Gasteiger partial charge in [0.1, 0.15) is 10.8 Å². The summed E-state index contributed by atoms with van der Waals surface area (Å²) in [5.74, 6) is 0.0615. The van der Waals surface area contributed by atoms with Crippen molar-refractivity contribution >= 4 is 61.4 Å². The Morgan fingerprint density at radius 2 is 2.03 bits per heavy atom. The minimum Gasteiger partial charge on any atom is -0.496 e. The molecule has 3 rings (SSSR count). The van der Waals surface area contributed by atoms with Gasteiger partial charge in [-0.15, -0.1) is 11.3 Å². The quantitative estimate of drug-likeness (QED) is 0.495. The van der Waals surface area contributed by atoms with Crippen LogP contribution in [0.4, 0.5) is 5.00 Å². The van der Waals surface area contributed by atoms with Crippen LogP contribution in [0.3, 0.4) is 0 Å². The molecule has 1 atom stereocenters. The van der Waals surface area contributed by atoms with Crippen LogP contribution in [0.25, 0.3) is 0 Å². The van der Waals surface area contributed by atoms with E-state index in [9.17, 15) is 9.59 Å². The van der Waals surface area contributed by atoms with Crippen molar-refractivity contribution in [1.29, 1.82) is 0 Å². The third-order valence-electron chi connectivity index (χ3n) is 5.60. The predicted octanol–water partition coefficient (Wildman–Crippen LogP) is 4.90. The molecule has 31 heavy (non-hydrogen) atoms. The number of methoxy groups -OCH3 is 1. The van der Waals surface area contributed by atoms with Gasteiger partial charge < -0.3 is 15.8 Å². The molecule has 1 heterocycles. The first kappa shape index (κ1) is 23.7. The molecule has 1 aliphatic carbocycles. The summed E-state index contributed by atoms with van der Waals surface area (Å²) >= 11 is 10.2. The zero-order chi connectivity index (χ0) is 22.9. The highest BCUT2D eigenvalue weighted by Gasteiger charge is 2.33. The molecular formula is C22H26BrN3O3S2. The Morgan fingerprint density at radius 1 is 1.32 bits per heavy atom. The van der Waals surface area contributed by atoms with Gasteiger partial charge >= 0.3 is 0 Å². The summed E-state index contributed by atoms with van der Waals surface area (Å²) < 4.78 is 6.00.